The van der Waals surface area contributed by atoms with Crippen LogP contribution >= 0.6 is 0 Å². The number of amides is 1. The normalized spacial score (nSPS) is 19.2. The van der Waals surface area contributed by atoms with Crippen LogP contribution in [0.4, 0.5) is 0 Å². The number of carbonyl (C=O) groups is 1. The van der Waals surface area contributed by atoms with E-state index in [1.54, 1.807) is 7.11 Å². The third-order valence-electron chi connectivity index (χ3n) is 3.34. The number of nitrogens with two attached hydrogens (primary N) is 1. The van der Waals surface area contributed by atoms with Gasteiger partial charge in [-0.15, -0.1) is 0 Å². The summed E-state index contributed by atoms with van der Waals surface area (Å²) in [5.74, 6) is -0.0422. The maximum atomic E-state index is 11.6. The first-order valence-electron chi connectivity index (χ1n) is 6.16. The van der Waals surface area contributed by atoms with E-state index in [0.717, 1.165) is 6.54 Å². The van der Waals surface area contributed by atoms with Crippen molar-refractivity contribution in [2.45, 2.75) is 45.1 Å². The molecule has 3 N–H and O–H groups in total. The Morgan fingerprint density at radius 3 is 2.75 bits per heavy atom. The maximum absolute atomic E-state index is 11.6. The van der Waals surface area contributed by atoms with Crippen molar-refractivity contribution in [3.05, 3.63) is 0 Å². The van der Waals surface area contributed by atoms with E-state index < -0.39 is 6.04 Å². The van der Waals surface area contributed by atoms with Gasteiger partial charge in [0.05, 0.1) is 6.04 Å². The van der Waals surface area contributed by atoms with E-state index in [1.807, 2.05) is 0 Å². The molecular weight excluding hydrogens is 204 g/mol. The highest BCUT2D eigenvalue weighted by atomic mass is 16.5. The Balaban J connectivity index is 2.19. The van der Waals surface area contributed by atoms with E-state index in [9.17, 15) is 4.79 Å². The molecule has 0 aliphatic heterocycles. The molecular formula is C12H24N2O2. The van der Waals surface area contributed by atoms with E-state index in [2.05, 4.69) is 12.2 Å². The minimum Gasteiger partial charge on any atom is -0.385 e. The van der Waals surface area contributed by atoms with Crippen molar-refractivity contribution in [1.82, 2.24) is 5.32 Å². The smallest absolute Gasteiger partial charge is 0.237 e. The summed E-state index contributed by atoms with van der Waals surface area (Å²) in [6, 6.07) is -0.433. The van der Waals surface area contributed by atoms with Gasteiger partial charge in [0, 0.05) is 20.3 Å². The molecule has 0 radical (unpaired) electrons. The summed E-state index contributed by atoms with van der Waals surface area (Å²) in [5, 5.41) is 2.96. The zero-order chi connectivity index (χ0) is 12.0. The Kier molecular flexibility index (Phi) is 5.22. The van der Waals surface area contributed by atoms with Crippen LogP contribution in [0.5, 0.6) is 0 Å². The third-order valence-corrected chi connectivity index (χ3v) is 3.34. The second kappa shape index (κ2) is 6.21. The molecule has 1 fully saturated rings. The number of ether oxygens (including phenoxy) is 1. The van der Waals surface area contributed by atoms with Gasteiger partial charge in [0.25, 0.3) is 0 Å². The number of carbonyl (C=O) groups excluding carboxylic acids is 1. The molecule has 0 aromatic rings. The number of hydrogen-bond acceptors (Lipinski definition) is 3. The molecule has 1 amide bonds. The molecule has 1 aliphatic carbocycles. The quantitative estimate of drug-likeness (QED) is 0.652. The molecule has 1 saturated carbocycles. The summed E-state index contributed by atoms with van der Waals surface area (Å²) in [5.41, 5.74) is 6.13. The third kappa shape index (κ3) is 4.10. The molecule has 16 heavy (non-hydrogen) atoms. The summed E-state index contributed by atoms with van der Waals surface area (Å²) < 4.78 is 4.90. The molecule has 4 nitrogen and oxygen atoms in total. The van der Waals surface area contributed by atoms with E-state index >= 15 is 0 Å². The summed E-state index contributed by atoms with van der Waals surface area (Å²) >= 11 is 0. The van der Waals surface area contributed by atoms with Crippen molar-refractivity contribution < 1.29 is 9.53 Å². The summed E-state index contributed by atoms with van der Waals surface area (Å²) in [6.07, 6.45) is 5.47. The predicted molar refractivity (Wildman–Crippen MR) is 64.1 cm³/mol. The van der Waals surface area contributed by atoms with Crippen molar-refractivity contribution in [3.63, 3.8) is 0 Å². The van der Waals surface area contributed by atoms with Crippen molar-refractivity contribution in [1.29, 1.82) is 0 Å². The van der Waals surface area contributed by atoms with Gasteiger partial charge in [-0.05, 0) is 31.1 Å². The zero-order valence-corrected chi connectivity index (χ0v) is 10.4. The standard InChI is InChI=1S/C12H24N2O2/c1-3-5-12(6-7-12)9-14-11(15)10(13)4-8-16-2/h10H,3-9,13H2,1-2H3,(H,14,15). The average Bonchev–Trinajstić information content (AvgIpc) is 3.03. The maximum Gasteiger partial charge on any atom is 0.237 e. The predicted octanol–water partition coefficient (Wildman–Crippen LogP) is 1.05. The van der Waals surface area contributed by atoms with Crippen LogP contribution in [0.3, 0.4) is 0 Å². The molecule has 1 unspecified atom stereocenters. The summed E-state index contributed by atoms with van der Waals surface area (Å²) in [4.78, 5) is 11.6. The minimum absolute atomic E-state index is 0.0422. The van der Waals surface area contributed by atoms with Gasteiger partial charge in [-0.3, -0.25) is 4.79 Å². The number of rotatable bonds is 8. The van der Waals surface area contributed by atoms with Crippen LogP contribution in [0.1, 0.15) is 39.0 Å². The zero-order valence-electron chi connectivity index (χ0n) is 10.4. The summed E-state index contributed by atoms with van der Waals surface area (Å²) in [6.45, 7) is 3.52. The monoisotopic (exact) mass is 228 g/mol. The highest BCUT2D eigenvalue weighted by Gasteiger charge is 2.41. The van der Waals surface area contributed by atoms with Crippen LogP contribution in [0, 0.1) is 5.41 Å². The minimum atomic E-state index is -0.433. The first-order chi connectivity index (χ1) is 7.63. The Morgan fingerprint density at radius 1 is 1.56 bits per heavy atom. The largest absolute Gasteiger partial charge is 0.385 e. The van der Waals surface area contributed by atoms with Crippen molar-refractivity contribution in [3.8, 4) is 0 Å². The molecule has 0 heterocycles. The highest BCUT2D eigenvalue weighted by molar-refractivity contribution is 5.81. The van der Waals surface area contributed by atoms with Gasteiger partial charge in [0.1, 0.15) is 0 Å². The van der Waals surface area contributed by atoms with Crippen molar-refractivity contribution >= 4 is 5.91 Å². The van der Waals surface area contributed by atoms with E-state index in [1.165, 1.54) is 25.7 Å². The first-order valence-corrected chi connectivity index (χ1v) is 6.16. The lowest BCUT2D eigenvalue weighted by molar-refractivity contribution is -0.123. The van der Waals surface area contributed by atoms with Crippen LogP contribution < -0.4 is 11.1 Å². The van der Waals surface area contributed by atoms with Crippen molar-refractivity contribution in [2.75, 3.05) is 20.3 Å². The topological polar surface area (TPSA) is 64.4 Å². The van der Waals surface area contributed by atoms with Crippen molar-refractivity contribution in [2.24, 2.45) is 11.1 Å². The molecule has 1 atom stereocenters. The Hall–Kier alpha value is -0.610. The fourth-order valence-electron chi connectivity index (χ4n) is 2.00. The lowest BCUT2D eigenvalue weighted by Gasteiger charge is -2.17. The summed E-state index contributed by atoms with van der Waals surface area (Å²) in [7, 11) is 1.62. The Labute approximate surface area is 97.9 Å². The van der Waals surface area contributed by atoms with Gasteiger partial charge < -0.3 is 15.8 Å². The lowest BCUT2D eigenvalue weighted by atomic mass is 10.0. The molecule has 0 aromatic heterocycles. The van der Waals surface area contributed by atoms with Crippen LogP contribution in [0.25, 0.3) is 0 Å². The second-order valence-corrected chi connectivity index (χ2v) is 4.86. The fraction of sp³-hybridized carbons (Fsp3) is 0.917. The van der Waals surface area contributed by atoms with Crippen LogP contribution in [-0.4, -0.2) is 32.2 Å². The molecule has 1 rings (SSSR count). The van der Waals surface area contributed by atoms with Gasteiger partial charge >= 0.3 is 0 Å². The lowest BCUT2D eigenvalue weighted by Crippen LogP contribution is -2.43. The Bertz CT molecular complexity index is 227. The molecule has 0 spiro atoms. The highest BCUT2D eigenvalue weighted by Crippen LogP contribution is 2.48. The average molecular weight is 228 g/mol. The van der Waals surface area contributed by atoms with Gasteiger partial charge in [0.15, 0.2) is 0 Å². The van der Waals surface area contributed by atoms with E-state index in [4.69, 9.17) is 10.5 Å². The molecule has 0 bridgehead atoms. The van der Waals surface area contributed by atoms with Crippen LogP contribution in [0.2, 0.25) is 0 Å². The molecule has 0 aromatic carbocycles. The van der Waals surface area contributed by atoms with E-state index in [0.29, 0.717) is 18.4 Å². The van der Waals surface area contributed by atoms with Gasteiger partial charge in [-0.1, -0.05) is 13.3 Å². The molecule has 4 heteroatoms. The second-order valence-electron chi connectivity index (χ2n) is 4.86. The number of methoxy groups -OCH3 is 1. The van der Waals surface area contributed by atoms with Gasteiger partial charge in [-0.2, -0.15) is 0 Å². The molecule has 94 valence electrons. The number of nitrogens with one attached hydrogen (secondary N) is 1. The van der Waals surface area contributed by atoms with Gasteiger partial charge in [-0.25, -0.2) is 0 Å². The Morgan fingerprint density at radius 2 is 2.25 bits per heavy atom. The van der Waals surface area contributed by atoms with Crippen LogP contribution in [-0.2, 0) is 9.53 Å². The van der Waals surface area contributed by atoms with Gasteiger partial charge in [0.2, 0.25) is 5.91 Å². The molecule has 0 saturated heterocycles. The van der Waals surface area contributed by atoms with E-state index in [-0.39, 0.29) is 5.91 Å². The number of hydrogen-bond donors (Lipinski definition) is 2. The van der Waals surface area contributed by atoms with Crippen LogP contribution in [0.15, 0.2) is 0 Å². The fourth-order valence-corrected chi connectivity index (χ4v) is 2.00. The first kappa shape index (κ1) is 13.5. The SMILES string of the molecule is CCCC1(CNC(=O)C(N)CCOC)CC1. The molecule has 1 aliphatic rings.